The number of primary amides is 1. The van der Waals surface area contributed by atoms with Crippen LogP contribution in [0.4, 0.5) is 8.78 Å². The second kappa shape index (κ2) is 3.21. The maximum absolute atomic E-state index is 12.9. The summed E-state index contributed by atoms with van der Waals surface area (Å²) < 4.78 is 25.8. The fraction of sp³-hybridized carbons (Fsp3) is 0.750. The first-order valence-corrected chi connectivity index (χ1v) is 4.08. The second-order valence-electron chi connectivity index (χ2n) is 3.54. The molecule has 0 heterocycles. The number of carbonyl (C=O) groups is 1. The highest BCUT2D eigenvalue weighted by Gasteiger charge is 2.49. The predicted molar refractivity (Wildman–Crippen MR) is 41.3 cm³/mol. The standard InChI is InChI=1S/C8H12F2NO2/c9-8(10)3-1-2-7(4-8,5-12)6(11)13/h5,12H,1-4H2,(H2,11,13)/t7-/m1/s1. The molecule has 1 saturated carbocycles. The van der Waals surface area contributed by atoms with Gasteiger partial charge in [-0.25, -0.2) is 8.78 Å². The molecule has 1 amide bonds. The lowest BCUT2D eigenvalue weighted by Gasteiger charge is -2.36. The summed E-state index contributed by atoms with van der Waals surface area (Å²) in [4.78, 5) is 10.9. The largest absolute Gasteiger partial charge is 0.389 e. The number of rotatable bonds is 2. The van der Waals surface area contributed by atoms with E-state index < -0.39 is 23.7 Å². The topological polar surface area (TPSA) is 63.3 Å². The van der Waals surface area contributed by atoms with Gasteiger partial charge in [-0.15, -0.1) is 0 Å². The summed E-state index contributed by atoms with van der Waals surface area (Å²) in [5, 5.41) is 8.78. The van der Waals surface area contributed by atoms with Crippen molar-refractivity contribution in [2.45, 2.75) is 31.6 Å². The predicted octanol–water partition coefficient (Wildman–Crippen LogP) is 1.20. The highest BCUT2D eigenvalue weighted by atomic mass is 19.3. The lowest BCUT2D eigenvalue weighted by Crippen LogP contribution is -2.45. The molecule has 0 bridgehead atoms. The van der Waals surface area contributed by atoms with Crippen LogP contribution in [0.2, 0.25) is 0 Å². The maximum atomic E-state index is 12.9. The van der Waals surface area contributed by atoms with Gasteiger partial charge in [0, 0.05) is 12.8 Å². The first kappa shape index (κ1) is 10.4. The fourth-order valence-corrected chi connectivity index (χ4v) is 1.68. The lowest BCUT2D eigenvalue weighted by molar-refractivity contribution is -0.141. The summed E-state index contributed by atoms with van der Waals surface area (Å²) in [6.45, 7) is 0.516. The first-order valence-electron chi connectivity index (χ1n) is 4.08. The monoisotopic (exact) mass is 192 g/mol. The Morgan fingerprint density at radius 2 is 2.08 bits per heavy atom. The zero-order valence-corrected chi connectivity index (χ0v) is 7.09. The molecule has 0 unspecified atom stereocenters. The van der Waals surface area contributed by atoms with Crippen LogP contribution in [0.5, 0.6) is 0 Å². The van der Waals surface area contributed by atoms with Gasteiger partial charge in [-0.3, -0.25) is 4.79 Å². The molecule has 1 aliphatic rings. The molecule has 1 radical (unpaired) electrons. The third-order valence-corrected chi connectivity index (χ3v) is 2.48. The molecule has 0 aromatic heterocycles. The van der Waals surface area contributed by atoms with Crippen molar-refractivity contribution in [3.63, 3.8) is 0 Å². The van der Waals surface area contributed by atoms with Gasteiger partial charge in [0.05, 0.1) is 12.0 Å². The minimum atomic E-state index is -2.90. The molecule has 3 nitrogen and oxygen atoms in total. The van der Waals surface area contributed by atoms with Crippen molar-refractivity contribution in [2.75, 3.05) is 0 Å². The summed E-state index contributed by atoms with van der Waals surface area (Å²) in [5.74, 6) is -3.78. The minimum Gasteiger partial charge on any atom is -0.389 e. The van der Waals surface area contributed by atoms with E-state index in [0.717, 1.165) is 0 Å². The van der Waals surface area contributed by atoms with Gasteiger partial charge >= 0.3 is 0 Å². The van der Waals surface area contributed by atoms with Crippen LogP contribution in [0.3, 0.4) is 0 Å². The summed E-state index contributed by atoms with van der Waals surface area (Å²) in [7, 11) is 0. The van der Waals surface area contributed by atoms with Crippen LogP contribution in [0.15, 0.2) is 0 Å². The molecule has 0 aromatic rings. The molecule has 3 N–H and O–H groups in total. The van der Waals surface area contributed by atoms with E-state index in [9.17, 15) is 13.6 Å². The summed E-state index contributed by atoms with van der Waals surface area (Å²) in [6, 6.07) is 0. The molecule has 5 heteroatoms. The van der Waals surface area contributed by atoms with Gasteiger partial charge in [-0.2, -0.15) is 0 Å². The molecule has 0 aromatic carbocycles. The normalized spacial score (nSPS) is 32.8. The summed E-state index contributed by atoms with van der Waals surface area (Å²) in [6.07, 6.45) is -0.511. The Bertz CT molecular complexity index is 220. The van der Waals surface area contributed by atoms with E-state index in [-0.39, 0.29) is 19.3 Å². The van der Waals surface area contributed by atoms with Crippen LogP contribution < -0.4 is 5.73 Å². The number of hydrogen-bond donors (Lipinski definition) is 2. The van der Waals surface area contributed by atoms with Crippen LogP contribution in [0, 0.1) is 12.0 Å². The van der Waals surface area contributed by atoms with Crippen molar-refractivity contribution in [3.05, 3.63) is 6.61 Å². The third kappa shape index (κ3) is 1.96. The van der Waals surface area contributed by atoms with Crippen molar-refractivity contribution in [1.82, 2.24) is 0 Å². The average molecular weight is 192 g/mol. The van der Waals surface area contributed by atoms with E-state index in [1.165, 1.54) is 0 Å². The van der Waals surface area contributed by atoms with Crippen LogP contribution in [-0.4, -0.2) is 16.9 Å². The fourth-order valence-electron chi connectivity index (χ4n) is 1.68. The SMILES string of the molecule is NC(=O)[C@]1([CH]O)CCCC(F)(F)C1. The Labute approximate surface area is 74.9 Å². The van der Waals surface area contributed by atoms with Crippen molar-refractivity contribution >= 4 is 5.91 Å². The Balaban J connectivity index is 2.82. The molecule has 1 aliphatic carbocycles. The van der Waals surface area contributed by atoms with E-state index >= 15 is 0 Å². The highest BCUT2D eigenvalue weighted by molar-refractivity contribution is 5.82. The van der Waals surface area contributed by atoms with Crippen molar-refractivity contribution in [2.24, 2.45) is 11.1 Å². The van der Waals surface area contributed by atoms with Gasteiger partial charge < -0.3 is 10.8 Å². The number of aliphatic hydroxyl groups excluding tert-OH is 1. The van der Waals surface area contributed by atoms with Crippen LogP contribution in [-0.2, 0) is 4.79 Å². The van der Waals surface area contributed by atoms with Gasteiger partial charge in [0.2, 0.25) is 11.8 Å². The number of carbonyl (C=O) groups excluding carboxylic acids is 1. The molecule has 1 rings (SSSR count). The molecule has 1 atom stereocenters. The number of nitrogens with two attached hydrogens (primary N) is 1. The Hall–Kier alpha value is -0.710. The minimum absolute atomic E-state index is 0.201. The second-order valence-corrected chi connectivity index (χ2v) is 3.54. The molecule has 13 heavy (non-hydrogen) atoms. The van der Waals surface area contributed by atoms with Crippen LogP contribution in [0.25, 0.3) is 0 Å². The zero-order valence-electron chi connectivity index (χ0n) is 7.09. The van der Waals surface area contributed by atoms with Gasteiger partial charge in [0.15, 0.2) is 0 Å². The van der Waals surface area contributed by atoms with Crippen LogP contribution >= 0.6 is 0 Å². The molecule has 0 saturated heterocycles. The van der Waals surface area contributed by atoms with E-state index in [2.05, 4.69) is 0 Å². The summed E-state index contributed by atoms with van der Waals surface area (Å²) >= 11 is 0. The maximum Gasteiger partial charge on any atom is 0.249 e. The molecule has 0 spiro atoms. The van der Waals surface area contributed by atoms with Gasteiger partial charge in [0.1, 0.15) is 0 Å². The Morgan fingerprint density at radius 1 is 1.46 bits per heavy atom. The number of aliphatic hydroxyl groups is 1. The van der Waals surface area contributed by atoms with E-state index in [0.29, 0.717) is 6.61 Å². The number of alkyl halides is 2. The first-order chi connectivity index (χ1) is 5.92. The Kier molecular flexibility index (Phi) is 2.56. The number of halogens is 2. The average Bonchev–Trinajstić information content (AvgIpc) is 2.02. The van der Waals surface area contributed by atoms with Gasteiger partial charge in [0.25, 0.3) is 0 Å². The molecular formula is C8H12F2NO2. The van der Waals surface area contributed by atoms with Crippen molar-refractivity contribution in [3.8, 4) is 0 Å². The van der Waals surface area contributed by atoms with E-state index in [1.807, 2.05) is 0 Å². The Morgan fingerprint density at radius 3 is 2.38 bits per heavy atom. The molecular weight excluding hydrogens is 180 g/mol. The van der Waals surface area contributed by atoms with Gasteiger partial charge in [-0.05, 0) is 12.8 Å². The number of hydrogen-bond acceptors (Lipinski definition) is 2. The van der Waals surface area contributed by atoms with Crippen molar-refractivity contribution < 1.29 is 18.7 Å². The summed E-state index contributed by atoms with van der Waals surface area (Å²) in [5.41, 5.74) is 3.44. The lowest BCUT2D eigenvalue weighted by atomic mass is 9.72. The van der Waals surface area contributed by atoms with E-state index in [4.69, 9.17) is 10.8 Å². The molecule has 0 aliphatic heterocycles. The quantitative estimate of drug-likeness (QED) is 0.690. The van der Waals surface area contributed by atoms with E-state index in [1.54, 1.807) is 0 Å². The van der Waals surface area contributed by atoms with Gasteiger partial charge in [-0.1, -0.05) is 0 Å². The third-order valence-electron chi connectivity index (χ3n) is 2.48. The smallest absolute Gasteiger partial charge is 0.249 e. The highest BCUT2D eigenvalue weighted by Crippen LogP contribution is 2.45. The van der Waals surface area contributed by atoms with Crippen LogP contribution in [0.1, 0.15) is 25.7 Å². The molecule has 75 valence electrons. The van der Waals surface area contributed by atoms with Crippen molar-refractivity contribution in [1.29, 1.82) is 0 Å². The number of amides is 1. The zero-order chi connectivity index (χ0) is 10.1. The molecule has 1 fully saturated rings.